The van der Waals surface area contributed by atoms with Crippen LogP contribution in [0.25, 0.3) is 33.6 Å². The quantitative estimate of drug-likeness (QED) is 0.0799. The highest BCUT2D eigenvalue weighted by Gasteiger charge is 2.61. The van der Waals surface area contributed by atoms with Gasteiger partial charge in [-0.1, -0.05) is 26.8 Å². The van der Waals surface area contributed by atoms with Crippen LogP contribution in [-0.2, 0) is 35.6 Å². The summed E-state index contributed by atoms with van der Waals surface area (Å²) in [6, 6.07) is 9.76. The van der Waals surface area contributed by atoms with E-state index in [1.807, 2.05) is 58.9 Å². The molecule has 1 aliphatic heterocycles. The van der Waals surface area contributed by atoms with Crippen molar-refractivity contribution in [1.29, 1.82) is 0 Å². The molecule has 0 spiro atoms. The Morgan fingerprint density at radius 3 is 2.45 bits per heavy atom. The minimum atomic E-state index is -3.90. The number of allylic oxidation sites excluding steroid dienone is 1. The third kappa shape index (κ3) is 8.86. The number of carbonyl (C=O) groups is 4. The number of fused-ring (bicyclic) bond motifs is 3. The molecule has 5 atom stereocenters. The molecule has 18 heteroatoms. The second kappa shape index (κ2) is 17.0. The summed E-state index contributed by atoms with van der Waals surface area (Å²) >= 11 is 1.16. The molecule has 2 aliphatic carbocycles. The maximum Gasteiger partial charge on any atom is 0.349 e. The molecule has 0 unspecified atom stereocenters. The number of carbonyl (C=O) groups excluding carboxylic acids is 4. The number of thiazole rings is 1. The number of hydrogen-bond acceptors (Lipinski definition) is 15. The SMILES string of the molecule is C=C[C@@H]1C[C@]1(CC(=O)[C@@H]1C[C@@H](Oc2nc(-c3ccc(OC(C)C)cc3)nc3c2oc2cccnc23)CN1C(=O)[C@@H](Cc1nc(C)c(C(=O)OC)s1)C(C)(C)C)C(=O)NS(=O)(=O)C1CC1. The zero-order chi connectivity index (χ0) is 45.9. The molecule has 3 aliphatic rings. The van der Waals surface area contributed by atoms with Crippen molar-refractivity contribution in [3.63, 3.8) is 0 Å². The Labute approximate surface area is 375 Å². The maximum atomic E-state index is 15.1. The van der Waals surface area contributed by atoms with Crippen molar-refractivity contribution in [3.05, 3.63) is 70.8 Å². The van der Waals surface area contributed by atoms with Crippen LogP contribution in [0, 0.1) is 29.6 Å². The molecule has 4 aromatic heterocycles. The summed E-state index contributed by atoms with van der Waals surface area (Å²) in [5, 5.41) is -0.0845. The fraction of sp³-hybridized carbons (Fsp3) is 0.478. The molecule has 1 aromatic carbocycles. The molecule has 8 rings (SSSR count). The van der Waals surface area contributed by atoms with E-state index in [2.05, 4.69) is 21.3 Å². The molecule has 2 amide bonds. The number of esters is 1. The lowest BCUT2D eigenvalue weighted by atomic mass is 9.77. The second-order valence-electron chi connectivity index (χ2n) is 18.3. The topological polar surface area (TPSA) is 210 Å². The van der Waals surface area contributed by atoms with Crippen LogP contribution in [0.1, 0.15) is 87.1 Å². The molecule has 3 fully saturated rings. The number of pyridine rings is 1. The van der Waals surface area contributed by atoms with Crippen molar-refractivity contribution >= 4 is 67.1 Å². The number of rotatable bonds is 16. The Kier molecular flexibility index (Phi) is 11.9. The molecule has 1 N–H and O–H groups in total. The highest BCUT2D eigenvalue weighted by Crippen LogP contribution is 2.57. The molecule has 16 nitrogen and oxygen atoms in total. The average molecular weight is 913 g/mol. The number of nitrogens with one attached hydrogen (secondary N) is 1. The molecular formula is C46H52N6O10S2. The number of ketones is 1. The number of benzene rings is 1. The van der Waals surface area contributed by atoms with Gasteiger partial charge in [-0.2, -0.15) is 4.98 Å². The lowest BCUT2D eigenvalue weighted by Crippen LogP contribution is -2.48. The minimum Gasteiger partial charge on any atom is -0.491 e. The molecule has 0 bridgehead atoms. The Morgan fingerprint density at radius 1 is 1.08 bits per heavy atom. The number of aromatic nitrogens is 4. The third-order valence-corrected chi connectivity index (χ3v) is 15.2. The first-order chi connectivity index (χ1) is 30.3. The lowest BCUT2D eigenvalue weighted by Gasteiger charge is -2.35. The summed E-state index contributed by atoms with van der Waals surface area (Å²) in [6.07, 6.45) is 3.42. The molecule has 0 radical (unpaired) electrons. The van der Waals surface area contributed by atoms with E-state index >= 15 is 4.79 Å². The van der Waals surface area contributed by atoms with E-state index in [0.717, 1.165) is 11.3 Å². The van der Waals surface area contributed by atoms with Crippen molar-refractivity contribution in [2.45, 2.75) is 104 Å². The van der Waals surface area contributed by atoms with Gasteiger partial charge in [0, 0.05) is 36.9 Å². The van der Waals surface area contributed by atoms with Gasteiger partial charge in [0.2, 0.25) is 27.4 Å². The van der Waals surface area contributed by atoms with E-state index in [1.54, 1.807) is 31.3 Å². The smallest absolute Gasteiger partial charge is 0.349 e. The van der Waals surface area contributed by atoms with Gasteiger partial charge in [-0.15, -0.1) is 17.9 Å². The van der Waals surface area contributed by atoms with Gasteiger partial charge in [-0.05, 0) is 87.8 Å². The number of sulfonamides is 1. The average Bonchev–Trinajstić information content (AvgIpc) is 4.11. The van der Waals surface area contributed by atoms with Crippen molar-refractivity contribution in [3.8, 4) is 23.0 Å². The number of Topliss-reactive ketones (excluding diaryl/α,β-unsaturated/α-hetero) is 1. The van der Waals surface area contributed by atoms with Gasteiger partial charge in [0.25, 0.3) is 5.88 Å². The Balaban J connectivity index is 1.15. The van der Waals surface area contributed by atoms with E-state index in [1.165, 1.54) is 12.0 Å². The van der Waals surface area contributed by atoms with E-state index in [-0.39, 0.29) is 55.7 Å². The lowest BCUT2D eigenvalue weighted by molar-refractivity contribution is -0.144. The van der Waals surface area contributed by atoms with Crippen molar-refractivity contribution < 1.29 is 46.2 Å². The van der Waals surface area contributed by atoms with E-state index < -0.39 is 67.7 Å². The van der Waals surface area contributed by atoms with Crippen molar-refractivity contribution in [1.82, 2.24) is 29.6 Å². The number of methoxy groups -OCH3 is 1. The van der Waals surface area contributed by atoms with Crippen LogP contribution in [0.4, 0.5) is 0 Å². The first-order valence-corrected chi connectivity index (χ1v) is 23.7. The van der Waals surface area contributed by atoms with Crippen LogP contribution in [0.5, 0.6) is 11.6 Å². The number of nitrogens with zero attached hydrogens (tertiary/aromatic N) is 5. The summed E-state index contributed by atoms with van der Waals surface area (Å²) in [5.74, 6) is -2.11. The Morgan fingerprint density at radius 2 is 1.81 bits per heavy atom. The number of aryl methyl sites for hydroxylation is 1. The first kappa shape index (κ1) is 44.8. The van der Waals surface area contributed by atoms with E-state index in [4.69, 9.17) is 28.6 Å². The van der Waals surface area contributed by atoms with Crippen LogP contribution >= 0.6 is 11.3 Å². The fourth-order valence-corrected chi connectivity index (χ4v) is 10.9. The van der Waals surface area contributed by atoms with Gasteiger partial charge in [0.1, 0.15) is 27.8 Å². The van der Waals surface area contributed by atoms with E-state index in [0.29, 0.717) is 62.2 Å². The highest BCUT2D eigenvalue weighted by molar-refractivity contribution is 7.90. The number of likely N-dealkylation sites (tertiary alicyclic amines) is 1. The second-order valence-corrected chi connectivity index (χ2v) is 21.4. The summed E-state index contributed by atoms with van der Waals surface area (Å²) in [6.45, 7) is 15.2. The molecule has 2 saturated carbocycles. The van der Waals surface area contributed by atoms with Gasteiger partial charge < -0.3 is 23.5 Å². The maximum absolute atomic E-state index is 15.1. The van der Waals surface area contributed by atoms with Crippen LogP contribution in [0.3, 0.4) is 0 Å². The number of furan rings is 1. The van der Waals surface area contributed by atoms with Crippen molar-refractivity contribution in [2.75, 3.05) is 13.7 Å². The highest BCUT2D eigenvalue weighted by atomic mass is 32.2. The van der Waals surface area contributed by atoms with Gasteiger partial charge in [0.15, 0.2) is 17.2 Å². The van der Waals surface area contributed by atoms with Gasteiger partial charge in [0.05, 0.1) is 47.2 Å². The van der Waals surface area contributed by atoms with Crippen molar-refractivity contribution in [2.24, 2.45) is 22.7 Å². The van der Waals surface area contributed by atoms with Gasteiger partial charge in [-0.25, -0.2) is 23.2 Å². The molecular weight excluding hydrogens is 861 g/mol. The van der Waals surface area contributed by atoms with Crippen LogP contribution < -0.4 is 14.2 Å². The predicted molar refractivity (Wildman–Crippen MR) is 238 cm³/mol. The molecule has 64 heavy (non-hydrogen) atoms. The molecule has 338 valence electrons. The summed E-state index contributed by atoms with van der Waals surface area (Å²) in [5.41, 5.74) is 0.757. The predicted octanol–water partition coefficient (Wildman–Crippen LogP) is 6.79. The standard InChI is InChI=1S/C46H52N6O10S2/c1-9-27-21-46(27,44(56)51-64(57,58)30-16-17-30)22-33(53)32-19-29(23-52(32)42(54)31(45(5,6)7)20-35-48-25(4)39(63-35)43(55)59-8)61-41-38-37(36-34(62-38)11-10-18-47-36)49-40(50-41)26-12-14-28(15-13-26)60-24(2)3/h9-15,18,24,27,29-32H,1,16-17,19-23H2,2-8H3,(H,51,56)/t27-,29-,31-,32+,46-/m1/s1. The van der Waals surface area contributed by atoms with E-state index in [9.17, 15) is 22.8 Å². The molecule has 5 aromatic rings. The number of hydrogen-bond donors (Lipinski definition) is 1. The van der Waals surface area contributed by atoms with Crippen LogP contribution in [0.2, 0.25) is 0 Å². The number of ether oxygens (including phenoxy) is 3. The fourth-order valence-electron chi connectivity index (χ4n) is 8.46. The van der Waals surface area contributed by atoms with Gasteiger partial charge in [-0.3, -0.25) is 24.1 Å². The Bertz CT molecular complexity index is 2770. The monoisotopic (exact) mass is 912 g/mol. The summed E-state index contributed by atoms with van der Waals surface area (Å²) in [4.78, 5) is 76.9. The summed E-state index contributed by atoms with van der Waals surface area (Å²) in [7, 11) is -2.61. The third-order valence-electron chi connectivity index (χ3n) is 12.2. The summed E-state index contributed by atoms with van der Waals surface area (Å²) < 4.78 is 51.9. The number of amides is 2. The normalized spacial score (nSPS) is 21.5. The zero-order valence-corrected chi connectivity index (χ0v) is 38.5. The first-order valence-electron chi connectivity index (χ1n) is 21.4. The van der Waals surface area contributed by atoms with Crippen LogP contribution in [0.15, 0.2) is 59.7 Å². The largest absolute Gasteiger partial charge is 0.491 e. The zero-order valence-electron chi connectivity index (χ0n) is 36.9. The van der Waals surface area contributed by atoms with Crippen LogP contribution in [-0.4, -0.2) is 94.0 Å². The Hall–Kier alpha value is -5.75. The molecule has 5 heterocycles. The van der Waals surface area contributed by atoms with Gasteiger partial charge >= 0.3 is 5.97 Å². The molecule has 1 saturated heterocycles. The minimum absolute atomic E-state index is 0.0242.